The van der Waals surface area contributed by atoms with Gasteiger partial charge in [-0.1, -0.05) is 6.07 Å². The first-order valence-corrected chi connectivity index (χ1v) is 10.4. The van der Waals surface area contributed by atoms with Crippen LogP contribution in [-0.4, -0.2) is 50.6 Å². The Morgan fingerprint density at radius 2 is 2.13 bits per heavy atom. The quantitative estimate of drug-likeness (QED) is 0.552. The molecule has 0 unspecified atom stereocenters. The fraction of sp³-hybridized carbons (Fsp3) is 0.278. The maximum Gasteiger partial charge on any atom is 0.341 e. The third-order valence-corrected chi connectivity index (χ3v) is 7.12. The zero-order valence-electron chi connectivity index (χ0n) is 15.8. The number of ether oxygens (including phenoxy) is 1. The molecule has 11 nitrogen and oxygen atoms in total. The van der Waals surface area contributed by atoms with Gasteiger partial charge in [-0.05, 0) is 31.0 Å². The summed E-state index contributed by atoms with van der Waals surface area (Å²) in [6, 6.07) is 6.07. The Morgan fingerprint density at radius 3 is 2.77 bits per heavy atom. The van der Waals surface area contributed by atoms with E-state index >= 15 is 0 Å². The van der Waals surface area contributed by atoms with Crippen molar-refractivity contribution in [3.8, 4) is 5.88 Å². The number of anilines is 1. The second-order valence-corrected chi connectivity index (χ2v) is 9.05. The Bertz CT molecular complexity index is 1300. The molecule has 0 aromatic carbocycles. The summed E-state index contributed by atoms with van der Waals surface area (Å²) in [5.41, 5.74) is -0.922. The highest BCUT2D eigenvalue weighted by Gasteiger charge is 2.56. The molecular weight excluding hydrogens is 414 g/mol. The second-order valence-electron chi connectivity index (χ2n) is 6.97. The van der Waals surface area contributed by atoms with Crippen LogP contribution in [-0.2, 0) is 17.1 Å². The fourth-order valence-corrected chi connectivity index (χ4v) is 4.53. The molecule has 0 bridgehead atoms. The topological polar surface area (TPSA) is 153 Å². The van der Waals surface area contributed by atoms with Crippen LogP contribution in [0, 0.1) is 0 Å². The van der Waals surface area contributed by atoms with Crippen LogP contribution in [0.15, 0.2) is 41.5 Å². The van der Waals surface area contributed by atoms with Gasteiger partial charge in [0.05, 0.1) is 6.20 Å². The number of sulfonamides is 1. The summed E-state index contributed by atoms with van der Waals surface area (Å²) >= 11 is 0. The van der Waals surface area contributed by atoms with Gasteiger partial charge in [0.25, 0.3) is 11.4 Å². The van der Waals surface area contributed by atoms with E-state index in [1.807, 2.05) is 0 Å². The first-order chi connectivity index (χ1) is 14.2. The molecule has 3 aromatic heterocycles. The number of fused-ring (bicyclic) bond motifs is 1. The molecule has 3 aromatic rings. The van der Waals surface area contributed by atoms with Crippen molar-refractivity contribution in [1.82, 2.24) is 19.7 Å². The molecule has 0 atom stereocenters. The zero-order chi connectivity index (χ0) is 21.5. The average molecular weight is 431 g/mol. The van der Waals surface area contributed by atoms with Crippen molar-refractivity contribution < 1.29 is 23.1 Å². The monoisotopic (exact) mass is 431 g/mol. The third kappa shape index (κ3) is 3.34. The van der Waals surface area contributed by atoms with Gasteiger partial charge in [-0.3, -0.25) is 9.52 Å². The largest absolute Gasteiger partial charge is 0.477 e. The Morgan fingerprint density at radius 1 is 1.37 bits per heavy atom. The molecule has 0 aliphatic heterocycles. The van der Waals surface area contributed by atoms with Gasteiger partial charge in [0, 0.05) is 18.6 Å². The van der Waals surface area contributed by atoms with Gasteiger partial charge in [0.15, 0.2) is 0 Å². The summed E-state index contributed by atoms with van der Waals surface area (Å²) in [7, 11) is -2.41. The molecule has 3 heterocycles. The zero-order valence-corrected chi connectivity index (χ0v) is 16.6. The minimum Gasteiger partial charge on any atom is -0.477 e. The molecule has 4 rings (SSSR count). The highest BCUT2D eigenvalue weighted by molar-refractivity contribution is 7.94. The number of rotatable bonds is 7. The number of nitrogens with one attached hydrogen (secondary N) is 1. The predicted molar refractivity (Wildman–Crippen MR) is 106 cm³/mol. The van der Waals surface area contributed by atoms with Gasteiger partial charge < -0.3 is 14.4 Å². The molecule has 0 radical (unpaired) electrons. The number of pyridine rings is 2. The number of carboxylic acid groups (broad SMARTS) is 1. The predicted octanol–water partition coefficient (Wildman–Crippen LogP) is 0.775. The van der Waals surface area contributed by atoms with Crippen LogP contribution in [0.3, 0.4) is 0 Å². The van der Waals surface area contributed by atoms with Crippen LogP contribution in [0.5, 0.6) is 5.88 Å². The standard InChI is InChI=1S/C18H17N5O6S/c1-23-14-11(8-12(16(23)24)17(25)26)9-20-21-15(14)29-10-18(5-6-18)30(27,28)22-13-4-2-3-7-19-13/h2-4,7-9H,5-6,10H2,1H3,(H,19,22)(H,25,26). The molecule has 1 fully saturated rings. The Labute approximate surface area is 170 Å². The van der Waals surface area contributed by atoms with E-state index in [0.29, 0.717) is 18.2 Å². The molecule has 1 saturated carbocycles. The van der Waals surface area contributed by atoms with Crippen molar-refractivity contribution in [2.24, 2.45) is 7.05 Å². The van der Waals surface area contributed by atoms with E-state index in [9.17, 15) is 23.1 Å². The molecule has 1 aliphatic rings. The lowest BCUT2D eigenvalue weighted by atomic mass is 10.2. The molecule has 156 valence electrons. The molecule has 1 aliphatic carbocycles. The summed E-state index contributed by atoms with van der Waals surface area (Å²) in [5.74, 6) is -1.21. The van der Waals surface area contributed by atoms with Gasteiger partial charge >= 0.3 is 5.97 Å². The molecule has 12 heteroatoms. The van der Waals surface area contributed by atoms with Gasteiger partial charge in [-0.2, -0.15) is 5.10 Å². The van der Waals surface area contributed by atoms with Crippen LogP contribution in [0.25, 0.3) is 10.9 Å². The van der Waals surface area contributed by atoms with Crippen LogP contribution in [0.4, 0.5) is 5.82 Å². The van der Waals surface area contributed by atoms with Crippen molar-refractivity contribution in [3.63, 3.8) is 0 Å². The number of hydrogen-bond donors (Lipinski definition) is 2. The van der Waals surface area contributed by atoms with Crippen LogP contribution < -0.4 is 15.0 Å². The Balaban J connectivity index is 1.63. The molecule has 0 spiro atoms. The average Bonchev–Trinajstić information content (AvgIpc) is 3.51. The highest BCUT2D eigenvalue weighted by atomic mass is 32.2. The van der Waals surface area contributed by atoms with Crippen LogP contribution >= 0.6 is 0 Å². The minimum absolute atomic E-state index is 0.0525. The summed E-state index contributed by atoms with van der Waals surface area (Å²) in [6.07, 6.45) is 3.55. The smallest absolute Gasteiger partial charge is 0.341 e. The lowest BCUT2D eigenvalue weighted by molar-refractivity contribution is 0.0694. The van der Waals surface area contributed by atoms with E-state index in [-0.39, 0.29) is 23.8 Å². The first-order valence-electron chi connectivity index (χ1n) is 8.89. The van der Waals surface area contributed by atoms with E-state index in [4.69, 9.17) is 4.74 Å². The molecule has 0 saturated heterocycles. The number of aromatic nitrogens is 4. The van der Waals surface area contributed by atoms with Crippen molar-refractivity contribution in [2.45, 2.75) is 17.6 Å². The summed E-state index contributed by atoms with van der Waals surface area (Å²) in [4.78, 5) is 27.6. The van der Waals surface area contributed by atoms with Crippen molar-refractivity contribution >= 4 is 32.7 Å². The maximum atomic E-state index is 12.8. The van der Waals surface area contributed by atoms with Gasteiger partial charge in [0.2, 0.25) is 10.0 Å². The van der Waals surface area contributed by atoms with Gasteiger partial charge in [0.1, 0.15) is 28.3 Å². The van der Waals surface area contributed by atoms with E-state index in [1.54, 1.807) is 18.2 Å². The molecule has 0 amide bonds. The van der Waals surface area contributed by atoms with Crippen molar-refractivity contribution in [2.75, 3.05) is 11.3 Å². The number of nitrogens with zero attached hydrogens (tertiary/aromatic N) is 4. The number of carbonyl (C=O) groups is 1. The number of hydrogen-bond acceptors (Lipinski definition) is 8. The number of carboxylic acids is 1. The normalized spacial score (nSPS) is 15.0. The van der Waals surface area contributed by atoms with Crippen LogP contribution in [0.1, 0.15) is 23.2 Å². The van der Waals surface area contributed by atoms with E-state index in [1.165, 1.54) is 25.5 Å². The number of aryl methyl sites for hydroxylation is 1. The summed E-state index contributed by atoms with van der Waals surface area (Å²) in [6.45, 7) is -0.210. The Kier molecular flexibility index (Phi) is 4.65. The van der Waals surface area contributed by atoms with E-state index < -0.39 is 31.9 Å². The fourth-order valence-electron chi connectivity index (χ4n) is 3.07. The lowest BCUT2D eigenvalue weighted by Gasteiger charge is -2.18. The summed E-state index contributed by atoms with van der Waals surface area (Å²) in [5, 5.41) is 17.2. The minimum atomic E-state index is -3.79. The molecular formula is C18H17N5O6S. The Hall–Kier alpha value is -3.54. The lowest BCUT2D eigenvalue weighted by Crippen LogP contribution is -2.35. The van der Waals surface area contributed by atoms with E-state index in [0.717, 1.165) is 4.57 Å². The second kappa shape index (κ2) is 7.06. The third-order valence-electron chi connectivity index (χ3n) is 4.98. The highest BCUT2D eigenvalue weighted by Crippen LogP contribution is 2.44. The number of aromatic carboxylic acids is 1. The van der Waals surface area contributed by atoms with Gasteiger partial charge in [-0.15, -0.1) is 5.10 Å². The van der Waals surface area contributed by atoms with E-state index in [2.05, 4.69) is 19.9 Å². The van der Waals surface area contributed by atoms with Crippen LogP contribution in [0.2, 0.25) is 0 Å². The summed E-state index contributed by atoms with van der Waals surface area (Å²) < 4.78 is 33.7. The first kappa shape index (κ1) is 19.8. The van der Waals surface area contributed by atoms with Crippen molar-refractivity contribution in [1.29, 1.82) is 0 Å². The maximum absolute atomic E-state index is 12.8. The molecule has 30 heavy (non-hydrogen) atoms. The molecule has 2 N–H and O–H groups in total. The van der Waals surface area contributed by atoms with Crippen molar-refractivity contribution in [3.05, 3.63) is 52.6 Å². The van der Waals surface area contributed by atoms with Gasteiger partial charge in [-0.25, -0.2) is 18.2 Å². The SMILES string of the molecule is Cn1c(=O)c(C(=O)O)cc2cnnc(OCC3(S(=O)(=O)Nc4ccccn4)CC3)c21.